The first-order valence-corrected chi connectivity index (χ1v) is 11.9. The highest BCUT2D eigenvalue weighted by Gasteiger charge is 2.68. The Hall–Kier alpha value is -1.53. The fourth-order valence-electron chi connectivity index (χ4n) is 7.69. The van der Waals surface area contributed by atoms with Gasteiger partial charge in [0, 0.05) is 18.3 Å². The third kappa shape index (κ3) is 3.32. The van der Waals surface area contributed by atoms with Gasteiger partial charge < -0.3 is 14.9 Å². The highest BCUT2D eigenvalue weighted by atomic mass is 16.5. The maximum Gasteiger partial charge on any atom is 0.306 e. The fourth-order valence-corrected chi connectivity index (χ4v) is 7.69. The number of aliphatic hydroxyl groups excluding tert-OH is 1. The number of fused-ring (bicyclic) bond motifs is 5. The van der Waals surface area contributed by atoms with Crippen molar-refractivity contribution in [3.05, 3.63) is 11.6 Å². The number of Topliss-reactive ketones (excluding diaryl/α,β-unsaturated/α-hetero) is 1. The van der Waals surface area contributed by atoms with Gasteiger partial charge in [0.05, 0.1) is 6.10 Å². The van der Waals surface area contributed by atoms with Gasteiger partial charge in [-0.15, -0.1) is 0 Å². The molecule has 2 N–H and O–H groups in total. The summed E-state index contributed by atoms with van der Waals surface area (Å²) < 4.78 is 5.13. The maximum absolute atomic E-state index is 13.1. The molecule has 0 heterocycles. The lowest BCUT2D eigenvalue weighted by atomic mass is 9.45. The minimum absolute atomic E-state index is 0.0403. The van der Waals surface area contributed by atoms with Crippen molar-refractivity contribution in [1.82, 2.24) is 0 Å². The molecule has 0 bridgehead atoms. The van der Waals surface area contributed by atoms with E-state index in [0.717, 1.165) is 25.7 Å². The van der Waals surface area contributed by atoms with Gasteiger partial charge in [0.1, 0.15) is 5.60 Å². The second kappa shape index (κ2) is 7.80. The summed E-state index contributed by atoms with van der Waals surface area (Å²) in [6, 6.07) is 0. The number of ketones is 2. The predicted octanol–water partition coefficient (Wildman–Crippen LogP) is 3.13. The van der Waals surface area contributed by atoms with Crippen LogP contribution >= 0.6 is 0 Å². The van der Waals surface area contributed by atoms with Crippen LogP contribution in [-0.2, 0) is 19.1 Å². The molecule has 6 heteroatoms. The number of carbonyl (C=O) groups is 3. The Labute approximate surface area is 184 Å². The average Bonchev–Trinajstić information content (AvgIpc) is 2.98. The van der Waals surface area contributed by atoms with Gasteiger partial charge in [0.2, 0.25) is 5.78 Å². The summed E-state index contributed by atoms with van der Waals surface area (Å²) in [4.78, 5) is 36.8. The number of aliphatic hydroxyl groups is 2. The molecule has 7 atom stereocenters. The van der Waals surface area contributed by atoms with E-state index < -0.39 is 35.5 Å². The van der Waals surface area contributed by atoms with Gasteiger partial charge in [-0.1, -0.05) is 26.3 Å². The number of hydrogen-bond acceptors (Lipinski definition) is 6. The van der Waals surface area contributed by atoms with Gasteiger partial charge in [-0.3, -0.25) is 14.4 Å². The van der Waals surface area contributed by atoms with E-state index in [9.17, 15) is 24.6 Å². The molecule has 0 unspecified atom stereocenters. The van der Waals surface area contributed by atoms with Crippen molar-refractivity contribution < 1.29 is 29.3 Å². The minimum Gasteiger partial charge on any atom is -0.458 e. The van der Waals surface area contributed by atoms with Gasteiger partial charge in [-0.25, -0.2) is 0 Å². The van der Waals surface area contributed by atoms with Crippen molar-refractivity contribution in [3.63, 3.8) is 0 Å². The number of allylic oxidation sites excluding steroid dienone is 1. The Bertz CT molecular complexity index is 817. The Kier molecular flexibility index (Phi) is 5.70. The minimum atomic E-state index is -1.59. The predicted molar refractivity (Wildman–Crippen MR) is 114 cm³/mol. The summed E-state index contributed by atoms with van der Waals surface area (Å²) in [6.07, 6.45) is 6.46. The van der Waals surface area contributed by atoms with E-state index in [1.807, 2.05) is 13.8 Å². The van der Waals surface area contributed by atoms with Gasteiger partial charge in [0.15, 0.2) is 12.4 Å². The van der Waals surface area contributed by atoms with Crippen molar-refractivity contribution in [2.75, 3.05) is 6.61 Å². The normalized spacial score (nSPS) is 44.0. The molecule has 0 aromatic heterocycles. The largest absolute Gasteiger partial charge is 0.458 e. The Balaban J connectivity index is 1.59. The molecule has 172 valence electrons. The van der Waals surface area contributed by atoms with Gasteiger partial charge in [-0.05, 0) is 74.2 Å². The van der Waals surface area contributed by atoms with E-state index >= 15 is 0 Å². The first-order valence-electron chi connectivity index (χ1n) is 11.9. The zero-order chi connectivity index (χ0) is 22.6. The molecule has 3 saturated carbocycles. The highest BCUT2D eigenvalue weighted by Crippen LogP contribution is 2.67. The second-order valence-corrected chi connectivity index (χ2v) is 10.8. The van der Waals surface area contributed by atoms with Crippen LogP contribution < -0.4 is 0 Å². The smallest absolute Gasteiger partial charge is 0.306 e. The van der Waals surface area contributed by atoms with Crippen LogP contribution in [0.15, 0.2) is 11.6 Å². The van der Waals surface area contributed by atoms with Crippen LogP contribution in [0, 0.1) is 28.6 Å². The number of ether oxygens (including phenoxy) is 1. The highest BCUT2D eigenvalue weighted by molar-refractivity contribution is 5.92. The van der Waals surface area contributed by atoms with Crippen LogP contribution in [0.4, 0.5) is 0 Å². The van der Waals surface area contributed by atoms with E-state index in [1.165, 1.54) is 5.57 Å². The molecule has 0 amide bonds. The van der Waals surface area contributed by atoms with Crippen LogP contribution in [0.2, 0.25) is 0 Å². The average molecular weight is 433 g/mol. The summed E-state index contributed by atoms with van der Waals surface area (Å²) in [5.74, 6) is -0.323. The molecule has 0 spiro atoms. The van der Waals surface area contributed by atoms with E-state index in [2.05, 4.69) is 6.92 Å². The standard InChI is InChI=1S/C25H36O6/c1-4-5-21(29)31-14-20(28)25(30)11-9-18-17-7-6-15-12-16(26)8-10-23(15,2)22(17)19(27)13-24(18,25)3/h12,17-19,22,27,30H,4-11,13-14H2,1-3H3/t17-,18+,19+,22-,23-,24-,25-/m0/s1. The van der Waals surface area contributed by atoms with Crippen LogP contribution in [0.5, 0.6) is 0 Å². The summed E-state index contributed by atoms with van der Waals surface area (Å²) in [7, 11) is 0. The second-order valence-electron chi connectivity index (χ2n) is 10.8. The molecule has 4 aliphatic rings. The van der Waals surface area contributed by atoms with Crippen molar-refractivity contribution in [2.45, 2.75) is 90.3 Å². The lowest BCUT2D eigenvalue weighted by molar-refractivity contribution is -0.184. The molecule has 0 aromatic carbocycles. The summed E-state index contributed by atoms with van der Waals surface area (Å²) >= 11 is 0. The zero-order valence-electron chi connectivity index (χ0n) is 19.0. The molecule has 31 heavy (non-hydrogen) atoms. The molecule has 3 fully saturated rings. The zero-order valence-corrected chi connectivity index (χ0v) is 19.0. The molecule has 6 nitrogen and oxygen atoms in total. The first kappa shape index (κ1) is 22.7. The topological polar surface area (TPSA) is 101 Å². The van der Waals surface area contributed by atoms with E-state index in [0.29, 0.717) is 25.7 Å². The molecule has 0 aromatic rings. The Morgan fingerprint density at radius 3 is 2.65 bits per heavy atom. The van der Waals surface area contributed by atoms with Gasteiger partial charge in [0.25, 0.3) is 0 Å². The molecular formula is C25H36O6. The number of rotatable bonds is 5. The third-order valence-electron chi connectivity index (χ3n) is 9.33. The van der Waals surface area contributed by atoms with Crippen LogP contribution in [0.1, 0.15) is 78.6 Å². The van der Waals surface area contributed by atoms with Crippen molar-refractivity contribution in [2.24, 2.45) is 28.6 Å². The fraction of sp³-hybridized carbons (Fsp3) is 0.800. The summed E-state index contributed by atoms with van der Waals surface area (Å²) in [5.41, 5.74) is -1.36. The van der Waals surface area contributed by atoms with E-state index in [4.69, 9.17) is 4.74 Å². The molecule has 0 radical (unpaired) electrons. The van der Waals surface area contributed by atoms with Crippen molar-refractivity contribution in [1.29, 1.82) is 0 Å². The van der Waals surface area contributed by atoms with Crippen LogP contribution in [0.3, 0.4) is 0 Å². The Morgan fingerprint density at radius 1 is 1.19 bits per heavy atom. The van der Waals surface area contributed by atoms with E-state index in [1.54, 1.807) is 6.08 Å². The molecular weight excluding hydrogens is 396 g/mol. The number of esters is 1. The SMILES string of the molecule is CCCC(=O)OCC(=O)[C@@]1(O)CC[C@@H]2[C@@H]3CCC4=CC(=O)CC[C@]4(C)[C@@H]3[C@H](O)C[C@@]21C. The lowest BCUT2D eigenvalue weighted by Gasteiger charge is -2.60. The Morgan fingerprint density at radius 2 is 1.94 bits per heavy atom. The first-order chi connectivity index (χ1) is 14.6. The van der Waals surface area contributed by atoms with E-state index in [-0.39, 0.29) is 35.4 Å². The van der Waals surface area contributed by atoms with Gasteiger partial charge >= 0.3 is 5.97 Å². The lowest BCUT2D eigenvalue weighted by Crippen LogP contribution is -2.62. The molecule has 4 rings (SSSR count). The number of hydrogen-bond donors (Lipinski definition) is 2. The van der Waals surface area contributed by atoms with Crippen LogP contribution in [0.25, 0.3) is 0 Å². The summed E-state index contributed by atoms with van der Waals surface area (Å²) in [5, 5.41) is 23.0. The molecule has 4 aliphatic carbocycles. The maximum atomic E-state index is 13.1. The van der Waals surface area contributed by atoms with Crippen LogP contribution in [-0.4, -0.2) is 46.1 Å². The molecule has 0 aliphatic heterocycles. The monoisotopic (exact) mass is 432 g/mol. The van der Waals surface area contributed by atoms with Crippen molar-refractivity contribution >= 4 is 17.5 Å². The van der Waals surface area contributed by atoms with Crippen molar-refractivity contribution in [3.8, 4) is 0 Å². The quantitative estimate of drug-likeness (QED) is 0.648. The number of carbonyl (C=O) groups excluding carboxylic acids is 3. The van der Waals surface area contributed by atoms with Gasteiger partial charge in [-0.2, -0.15) is 0 Å². The third-order valence-corrected chi connectivity index (χ3v) is 9.33. The molecule has 0 saturated heterocycles. The summed E-state index contributed by atoms with van der Waals surface area (Å²) in [6.45, 7) is 5.59.